The second-order valence-electron chi connectivity index (χ2n) is 10.1. The molecule has 3 aromatic heterocycles. The Hall–Kier alpha value is -3.76. The van der Waals surface area contributed by atoms with E-state index in [0.29, 0.717) is 49.1 Å². The molecule has 0 unspecified atom stereocenters. The number of piperidine rings is 1. The molecule has 3 aromatic rings. The Morgan fingerprint density at radius 3 is 2.49 bits per heavy atom. The molecule has 2 aliphatic rings. The summed E-state index contributed by atoms with van der Waals surface area (Å²) in [5, 5.41) is 0. The molecule has 2 fully saturated rings. The van der Waals surface area contributed by atoms with Crippen molar-refractivity contribution < 1.29 is 4.39 Å². The van der Waals surface area contributed by atoms with Crippen molar-refractivity contribution in [2.45, 2.75) is 45.3 Å². The van der Waals surface area contributed by atoms with Gasteiger partial charge in [0.15, 0.2) is 17.0 Å². The van der Waals surface area contributed by atoms with E-state index in [1.54, 1.807) is 14.0 Å². The lowest BCUT2D eigenvalue weighted by Crippen LogP contribution is -2.47. The third-order valence-electron chi connectivity index (χ3n) is 7.48. The van der Waals surface area contributed by atoms with Crippen molar-refractivity contribution in [3.63, 3.8) is 0 Å². The average molecular weight is 539 g/mol. The molecule has 5 heterocycles. The first-order valence-electron chi connectivity index (χ1n) is 13.4. The van der Waals surface area contributed by atoms with E-state index in [9.17, 15) is 14.0 Å². The van der Waals surface area contributed by atoms with Crippen LogP contribution in [0.5, 0.6) is 0 Å². The number of fused-ring (bicyclic) bond motifs is 1. The molecule has 0 amide bonds. The van der Waals surface area contributed by atoms with E-state index in [1.165, 1.54) is 21.5 Å². The Morgan fingerprint density at radius 1 is 1.05 bits per heavy atom. The average Bonchev–Trinajstić information content (AvgIpc) is 3.33. The molecular formula is C26H35FN10O2. The smallest absolute Gasteiger partial charge is 0.332 e. The topological polar surface area (TPSA) is 123 Å². The Kier molecular flexibility index (Phi) is 7.94. The van der Waals surface area contributed by atoms with Crippen molar-refractivity contribution in [2.24, 2.45) is 12.8 Å². The maximum absolute atomic E-state index is 13.7. The Bertz CT molecular complexity index is 1490. The molecule has 0 bridgehead atoms. The van der Waals surface area contributed by atoms with Crippen molar-refractivity contribution >= 4 is 23.1 Å². The first kappa shape index (κ1) is 26.8. The maximum atomic E-state index is 13.7. The number of nitrogens with zero attached hydrogens (tertiary/aromatic N) is 9. The summed E-state index contributed by atoms with van der Waals surface area (Å²) in [4.78, 5) is 46.2. The molecule has 2 saturated heterocycles. The van der Waals surface area contributed by atoms with Gasteiger partial charge in [-0.25, -0.2) is 19.2 Å². The van der Waals surface area contributed by atoms with Crippen LogP contribution in [0.25, 0.3) is 11.2 Å². The van der Waals surface area contributed by atoms with Gasteiger partial charge in [-0.1, -0.05) is 5.92 Å². The fourth-order valence-corrected chi connectivity index (χ4v) is 5.39. The number of hydrogen-bond donors (Lipinski definition) is 1. The highest BCUT2D eigenvalue weighted by Crippen LogP contribution is 2.23. The van der Waals surface area contributed by atoms with Gasteiger partial charge in [0, 0.05) is 58.9 Å². The molecule has 39 heavy (non-hydrogen) atoms. The Labute approximate surface area is 225 Å². The van der Waals surface area contributed by atoms with E-state index in [1.807, 2.05) is 9.47 Å². The van der Waals surface area contributed by atoms with Gasteiger partial charge in [0.05, 0.1) is 18.9 Å². The lowest BCUT2D eigenvalue weighted by atomic mass is 10.1. The molecule has 5 rings (SSSR count). The van der Waals surface area contributed by atoms with Crippen molar-refractivity contribution in [1.82, 2.24) is 33.6 Å². The standard InChI is InChI=1S/C26H35FN10O2/c1-3-4-10-36-21-22(31-25(36)35-9-5-7-20(28)18-35)32(2)26(39)37(23(21)38)11-6-8-33-12-14-34(15-13-33)24-29-16-19(27)17-30-24/h16-17,20H,5-15,18,28H2,1-2H3/t20-/m1/s1. The van der Waals surface area contributed by atoms with Gasteiger partial charge in [-0.15, -0.1) is 5.92 Å². The molecule has 13 heteroatoms. The van der Waals surface area contributed by atoms with Crippen LogP contribution in [0.2, 0.25) is 0 Å². The van der Waals surface area contributed by atoms with Gasteiger partial charge in [-0.05, 0) is 32.7 Å². The molecule has 0 aliphatic carbocycles. The minimum absolute atomic E-state index is 0.0369. The molecule has 0 aromatic carbocycles. The SMILES string of the molecule is CC#CCn1c(N2CCC[C@@H](N)C2)nc2c1c(=O)n(CCCN1CCN(c3ncc(F)cn3)CC1)c(=O)n2C. The lowest BCUT2D eigenvalue weighted by molar-refractivity contribution is 0.248. The molecule has 0 radical (unpaired) electrons. The second kappa shape index (κ2) is 11.5. The third-order valence-corrected chi connectivity index (χ3v) is 7.48. The van der Waals surface area contributed by atoms with Crippen LogP contribution in [0.15, 0.2) is 22.0 Å². The van der Waals surface area contributed by atoms with Crippen LogP contribution in [0, 0.1) is 17.7 Å². The van der Waals surface area contributed by atoms with E-state index in [0.717, 1.165) is 52.1 Å². The predicted molar refractivity (Wildman–Crippen MR) is 147 cm³/mol. The third kappa shape index (κ3) is 5.53. The van der Waals surface area contributed by atoms with Gasteiger partial charge in [0.1, 0.15) is 0 Å². The zero-order chi connectivity index (χ0) is 27.5. The Morgan fingerprint density at radius 2 is 1.79 bits per heavy atom. The molecular weight excluding hydrogens is 503 g/mol. The van der Waals surface area contributed by atoms with E-state index >= 15 is 0 Å². The second-order valence-corrected chi connectivity index (χ2v) is 10.1. The minimum atomic E-state index is -0.454. The number of rotatable bonds is 7. The highest BCUT2D eigenvalue weighted by atomic mass is 19.1. The number of piperazine rings is 1. The molecule has 2 N–H and O–H groups in total. The minimum Gasteiger partial charge on any atom is -0.341 e. The molecule has 1 atom stereocenters. The van der Waals surface area contributed by atoms with Crippen LogP contribution in [-0.2, 0) is 20.1 Å². The number of aryl methyl sites for hydroxylation is 1. The van der Waals surface area contributed by atoms with Gasteiger partial charge in [-0.3, -0.25) is 23.4 Å². The summed E-state index contributed by atoms with van der Waals surface area (Å²) in [5.74, 6) is 6.67. The van der Waals surface area contributed by atoms with Crippen LogP contribution in [-0.4, -0.2) is 85.4 Å². The van der Waals surface area contributed by atoms with Crippen LogP contribution >= 0.6 is 0 Å². The van der Waals surface area contributed by atoms with E-state index in [4.69, 9.17) is 10.7 Å². The van der Waals surface area contributed by atoms with Crippen molar-refractivity contribution in [3.05, 3.63) is 39.0 Å². The predicted octanol–water partition coefficient (Wildman–Crippen LogP) is -0.0111. The zero-order valence-electron chi connectivity index (χ0n) is 22.5. The number of hydrogen-bond acceptors (Lipinski definition) is 9. The monoisotopic (exact) mass is 538 g/mol. The van der Waals surface area contributed by atoms with Gasteiger partial charge in [0.2, 0.25) is 11.9 Å². The molecule has 0 spiro atoms. The van der Waals surface area contributed by atoms with Gasteiger partial charge >= 0.3 is 5.69 Å². The normalized spacial score (nSPS) is 18.4. The van der Waals surface area contributed by atoms with Gasteiger partial charge in [0.25, 0.3) is 5.56 Å². The van der Waals surface area contributed by atoms with Crippen LogP contribution in [0.4, 0.5) is 16.3 Å². The first-order chi connectivity index (χ1) is 18.9. The summed E-state index contributed by atoms with van der Waals surface area (Å²) >= 11 is 0. The largest absolute Gasteiger partial charge is 0.341 e. The Balaban J connectivity index is 1.33. The van der Waals surface area contributed by atoms with Crippen molar-refractivity contribution in [1.29, 1.82) is 0 Å². The van der Waals surface area contributed by atoms with E-state index in [2.05, 4.69) is 31.6 Å². The van der Waals surface area contributed by atoms with E-state index < -0.39 is 5.82 Å². The molecule has 208 valence electrons. The van der Waals surface area contributed by atoms with Gasteiger partial charge < -0.3 is 15.5 Å². The quantitative estimate of drug-likeness (QED) is 0.414. The van der Waals surface area contributed by atoms with Crippen LogP contribution < -0.4 is 26.8 Å². The van der Waals surface area contributed by atoms with Crippen molar-refractivity contribution in [2.75, 3.05) is 55.6 Å². The van der Waals surface area contributed by atoms with Crippen LogP contribution in [0.1, 0.15) is 26.2 Å². The highest BCUT2D eigenvalue weighted by molar-refractivity contribution is 5.75. The summed E-state index contributed by atoms with van der Waals surface area (Å²) in [6.45, 7) is 7.57. The fourth-order valence-electron chi connectivity index (χ4n) is 5.39. The number of imidazole rings is 1. The van der Waals surface area contributed by atoms with Gasteiger partial charge in [-0.2, -0.15) is 4.98 Å². The summed E-state index contributed by atoms with van der Waals surface area (Å²) in [7, 11) is 1.66. The maximum Gasteiger partial charge on any atom is 0.332 e. The highest BCUT2D eigenvalue weighted by Gasteiger charge is 2.26. The first-order valence-corrected chi connectivity index (χ1v) is 13.4. The summed E-state index contributed by atoms with van der Waals surface area (Å²) in [6.07, 6.45) is 4.89. The number of halogens is 1. The van der Waals surface area contributed by atoms with Crippen molar-refractivity contribution in [3.8, 4) is 11.8 Å². The summed E-state index contributed by atoms with van der Waals surface area (Å²) in [6, 6.07) is 0.0369. The zero-order valence-corrected chi connectivity index (χ0v) is 22.5. The fraction of sp³-hybridized carbons (Fsp3) is 0.577. The lowest BCUT2D eigenvalue weighted by Gasteiger charge is -2.34. The summed E-state index contributed by atoms with van der Waals surface area (Å²) < 4.78 is 17.7. The molecule has 12 nitrogen and oxygen atoms in total. The molecule has 0 saturated carbocycles. The summed E-state index contributed by atoms with van der Waals surface area (Å²) in [5.41, 5.74) is 6.26. The van der Waals surface area contributed by atoms with Crippen LogP contribution in [0.3, 0.4) is 0 Å². The van der Waals surface area contributed by atoms with E-state index in [-0.39, 0.29) is 17.3 Å². The number of anilines is 2. The number of aromatic nitrogens is 6. The number of nitrogens with two attached hydrogens (primary N) is 1. The molecule has 2 aliphatic heterocycles.